The summed E-state index contributed by atoms with van der Waals surface area (Å²) in [6.45, 7) is 8.45. The minimum atomic E-state index is -0.217. The lowest BCUT2D eigenvalue weighted by atomic mass is 10.1. The Bertz CT molecular complexity index is 563. The van der Waals surface area contributed by atoms with Crippen LogP contribution >= 0.6 is 0 Å². The van der Waals surface area contributed by atoms with Crippen molar-refractivity contribution < 1.29 is 4.39 Å². The SMILES string of the molecule is Cc1ccc(F)cc1Cn1ncnc1CNCC(C)C. The Morgan fingerprint density at radius 1 is 1.35 bits per heavy atom. The fraction of sp³-hybridized carbons (Fsp3) is 0.467. The summed E-state index contributed by atoms with van der Waals surface area (Å²) < 4.78 is 15.1. The summed E-state index contributed by atoms with van der Waals surface area (Å²) in [5.41, 5.74) is 1.99. The molecular weight excluding hydrogens is 255 g/mol. The van der Waals surface area contributed by atoms with E-state index >= 15 is 0 Å². The lowest BCUT2D eigenvalue weighted by Gasteiger charge is -2.10. The predicted octanol–water partition coefficient (Wildman–Crippen LogP) is 2.52. The monoisotopic (exact) mass is 276 g/mol. The first-order chi connectivity index (χ1) is 9.56. The quantitative estimate of drug-likeness (QED) is 0.881. The molecule has 20 heavy (non-hydrogen) atoms. The molecule has 0 aliphatic carbocycles. The lowest BCUT2D eigenvalue weighted by Crippen LogP contribution is -2.22. The first kappa shape index (κ1) is 14.7. The van der Waals surface area contributed by atoms with Gasteiger partial charge in [0, 0.05) is 0 Å². The molecule has 0 saturated heterocycles. The number of benzene rings is 1. The van der Waals surface area contributed by atoms with Gasteiger partial charge in [-0.05, 0) is 42.6 Å². The van der Waals surface area contributed by atoms with Crippen molar-refractivity contribution in [2.75, 3.05) is 6.54 Å². The molecule has 1 N–H and O–H groups in total. The van der Waals surface area contributed by atoms with E-state index in [2.05, 4.69) is 29.2 Å². The third-order valence-electron chi connectivity index (χ3n) is 3.16. The maximum Gasteiger partial charge on any atom is 0.141 e. The Morgan fingerprint density at radius 3 is 2.90 bits per heavy atom. The normalized spacial score (nSPS) is 11.2. The maximum atomic E-state index is 13.3. The highest BCUT2D eigenvalue weighted by molar-refractivity contribution is 5.26. The molecular formula is C15H21FN4. The van der Waals surface area contributed by atoms with Gasteiger partial charge in [-0.1, -0.05) is 19.9 Å². The number of nitrogens with one attached hydrogen (secondary N) is 1. The number of aryl methyl sites for hydroxylation is 1. The first-order valence-corrected chi connectivity index (χ1v) is 6.88. The summed E-state index contributed by atoms with van der Waals surface area (Å²) in [5, 5.41) is 7.57. The highest BCUT2D eigenvalue weighted by Crippen LogP contribution is 2.12. The van der Waals surface area contributed by atoms with Gasteiger partial charge in [0.25, 0.3) is 0 Å². The van der Waals surface area contributed by atoms with Crippen molar-refractivity contribution in [3.8, 4) is 0 Å². The van der Waals surface area contributed by atoms with Crippen LogP contribution in [0.5, 0.6) is 0 Å². The van der Waals surface area contributed by atoms with Crippen LogP contribution in [0.4, 0.5) is 4.39 Å². The summed E-state index contributed by atoms with van der Waals surface area (Å²) in [6.07, 6.45) is 1.54. The Balaban J connectivity index is 2.06. The van der Waals surface area contributed by atoms with Gasteiger partial charge in [-0.2, -0.15) is 5.10 Å². The fourth-order valence-electron chi connectivity index (χ4n) is 2.00. The molecule has 2 rings (SSSR count). The van der Waals surface area contributed by atoms with E-state index in [0.29, 0.717) is 19.0 Å². The smallest absolute Gasteiger partial charge is 0.141 e. The zero-order chi connectivity index (χ0) is 14.5. The molecule has 1 aromatic heterocycles. The summed E-state index contributed by atoms with van der Waals surface area (Å²) in [6, 6.07) is 4.83. The van der Waals surface area contributed by atoms with Crippen LogP contribution in [0, 0.1) is 18.7 Å². The molecule has 0 saturated carbocycles. The van der Waals surface area contributed by atoms with Crippen LogP contribution in [0.1, 0.15) is 30.8 Å². The van der Waals surface area contributed by atoms with Crippen molar-refractivity contribution in [1.29, 1.82) is 0 Å². The molecule has 0 bridgehead atoms. The lowest BCUT2D eigenvalue weighted by molar-refractivity contribution is 0.522. The molecule has 0 atom stereocenters. The number of halogens is 1. The largest absolute Gasteiger partial charge is 0.310 e. The third-order valence-corrected chi connectivity index (χ3v) is 3.16. The van der Waals surface area contributed by atoms with E-state index < -0.39 is 0 Å². The Morgan fingerprint density at radius 2 is 2.15 bits per heavy atom. The van der Waals surface area contributed by atoms with Crippen LogP contribution in [-0.4, -0.2) is 21.3 Å². The average molecular weight is 276 g/mol. The predicted molar refractivity (Wildman–Crippen MR) is 76.8 cm³/mol. The zero-order valence-corrected chi connectivity index (χ0v) is 12.2. The van der Waals surface area contributed by atoms with Gasteiger partial charge in [0.1, 0.15) is 18.0 Å². The van der Waals surface area contributed by atoms with Gasteiger partial charge in [-0.15, -0.1) is 0 Å². The standard InChI is InChI=1S/C15H21FN4/c1-11(2)7-17-8-15-18-10-19-20(15)9-13-6-14(16)5-4-12(13)3/h4-6,10-11,17H,7-9H2,1-3H3. The van der Waals surface area contributed by atoms with E-state index in [0.717, 1.165) is 23.5 Å². The molecule has 0 unspecified atom stereocenters. The Kier molecular flexibility index (Phi) is 4.84. The topological polar surface area (TPSA) is 42.7 Å². The molecule has 4 nitrogen and oxygen atoms in total. The summed E-state index contributed by atoms with van der Waals surface area (Å²) in [5.74, 6) is 1.25. The van der Waals surface area contributed by atoms with Gasteiger partial charge >= 0.3 is 0 Å². The van der Waals surface area contributed by atoms with Crippen molar-refractivity contribution in [2.45, 2.75) is 33.9 Å². The van der Waals surface area contributed by atoms with Crippen molar-refractivity contribution >= 4 is 0 Å². The number of aromatic nitrogens is 3. The fourth-order valence-corrected chi connectivity index (χ4v) is 2.00. The van der Waals surface area contributed by atoms with Gasteiger partial charge < -0.3 is 5.32 Å². The number of nitrogens with zero attached hydrogens (tertiary/aromatic N) is 3. The average Bonchev–Trinajstić information content (AvgIpc) is 2.81. The van der Waals surface area contributed by atoms with Crippen LogP contribution in [-0.2, 0) is 13.1 Å². The van der Waals surface area contributed by atoms with Crippen molar-refractivity contribution in [3.63, 3.8) is 0 Å². The van der Waals surface area contributed by atoms with Crippen LogP contribution < -0.4 is 5.32 Å². The minimum absolute atomic E-state index is 0.217. The van der Waals surface area contributed by atoms with Crippen LogP contribution in [0.2, 0.25) is 0 Å². The second-order valence-corrected chi connectivity index (χ2v) is 5.43. The highest BCUT2D eigenvalue weighted by atomic mass is 19.1. The minimum Gasteiger partial charge on any atom is -0.310 e. The first-order valence-electron chi connectivity index (χ1n) is 6.88. The highest BCUT2D eigenvalue weighted by Gasteiger charge is 2.07. The molecule has 0 amide bonds. The second kappa shape index (κ2) is 6.61. The Hall–Kier alpha value is -1.75. The molecule has 0 fully saturated rings. The molecule has 108 valence electrons. The molecule has 0 spiro atoms. The number of hydrogen-bond donors (Lipinski definition) is 1. The Labute approximate surface area is 119 Å². The molecule has 2 aromatic rings. The summed E-state index contributed by atoms with van der Waals surface area (Å²) in [7, 11) is 0. The van der Waals surface area contributed by atoms with Crippen LogP contribution in [0.25, 0.3) is 0 Å². The molecule has 5 heteroatoms. The van der Waals surface area contributed by atoms with E-state index in [4.69, 9.17) is 0 Å². The maximum absolute atomic E-state index is 13.3. The van der Waals surface area contributed by atoms with Gasteiger partial charge in [-0.3, -0.25) is 0 Å². The van der Waals surface area contributed by atoms with E-state index in [1.165, 1.54) is 6.07 Å². The van der Waals surface area contributed by atoms with E-state index in [-0.39, 0.29) is 5.82 Å². The van der Waals surface area contributed by atoms with Crippen molar-refractivity contribution in [1.82, 2.24) is 20.1 Å². The van der Waals surface area contributed by atoms with E-state index in [9.17, 15) is 4.39 Å². The number of hydrogen-bond acceptors (Lipinski definition) is 3. The van der Waals surface area contributed by atoms with E-state index in [1.54, 1.807) is 18.5 Å². The molecule has 1 aromatic carbocycles. The van der Waals surface area contributed by atoms with Gasteiger partial charge in [0.15, 0.2) is 0 Å². The molecule has 0 aliphatic heterocycles. The van der Waals surface area contributed by atoms with E-state index in [1.807, 2.05) is 11.6 Å². The molecule has 1 heterocycles. The third kappa shape index (κ3) is 3.87. The number of rotatable bonds is 6. The molecule has 0 radical (unpaired) electrons. The van der Waals surface area contributed by atoms with Gasteiger partial charge in [-0.25, -0.2) is 14.1 Å². The summed E-state index contributed by atoms with van der Waals surface area (Å²) >= 11 is 0. The van der Waals surface area contributed by atoms with Crippen molar-refractivity contribution in [2.24, 2.45) is 5.92 Å². The summed E-state index contributed by atoms with van der Waals surface area (Å²) in [4.78, 5) is 4.26. The van der Waals surface area contributed by atoms with Crippen LogP contribution in [0.3, 0.4) is 0 Å². The molecule has 0 aliphatic rings. The van der Waals surface area contributed by atoms with Gasteiger partial charge in [0.2, 0.25) is 0 Å². The van der Waals surface area contributed by atoms with Crippen molar-refractivity contribution in [3.05, 3.63) is 47.3 Å². The zero-order valence-electron chi connectivity index (χ0n) is 12.2. The van der Waals surface area contributed by atoms with Gasteiger partial charge in [0.05, 0.1) is 13.1 Å². The second-order valence-electron chi connectivity index (χ2n) is 5.43. The van der Waals surface area contributed by atoms with Crippen LogP contribution in [0.15, 0.2) is 24.5 Å².